The number of methoxy groups -OCH3 is 2. The van der Waals surface area contributed by atoms with Gasteiger partial charge >= 0.3 is 0 Å². The predicted molar refractivity (Wildman–Crippen MR) is 67.5 cm³/mol. The Kier molecular flexibility index (Phi) is 5.80. The second-order valence-corrected chi connectivity index (χ2v) is 3.86. The summed E-state index contributed by atoms with van der Waals surface area (Å²) >= 11 is 0. The summed E-state index contributed by atoms with van der Waals surface area (Å²) in [4.78, 5) is 0. The van der Waals surface area contributed by atoms with Gasteiger partial charge in [-0.1, -0.05) is 6.92 Å². The van der Waals surface area contributed by atoms with Crippen LogP contribution in [0, 0.1) is 0 Å². The normalized spacial score (nSPS) is 12.2. The minimum Gasteiger partial charge on any atom is -0.497 e. The molecule has 0 saturated heterocycles. The number of nitrogens with two attached hydrogens (primary N) is 1. The van der Waals surface area contributed by atoms with Gasteiger partial charge in [-0.2, -0.15) is 0 Å². The van der Waals surface area contributed by atoms with E-state index in [0.717, 1.165) is 23.5 Å². The lowest BCUT2D eigenvalue weighted by molar-refractivity contribution is 0.105. The maximum Gasteiger partial charge on any atom is 0.128 e. The van der Waals surface area contributed by atoms with E-state index in [1.54, 1.807) is 14.2 Å². The highest BCUT2D eigenvalue weighted by molar-refractivity contribution is 5.40. The van der Waals surface area contributed by atoms with Gasteiger partial charge in [-0.15, -0.1) is 0 Å². The van der Waals surface area contributed by atoms with Gasteiger partial charge in [-0.3, -0.25) is 0 Å². The fraction of sp³-hybridized carbons (Fsp3) is 0.538. The van der Waals surface area contributed by atoms with Crippen molar-refractivity contribution in [1.29, 1.82) is 0 Å². The Balaban J connectivity index is 2.58. The molecule has 0 radical (unpaired) electrons. The van der Waals surface area contributed by atoms with Crippen LogP contribution in [0.4, 0.5) is 0 Å². The highest BCUT2D eigenvalue weighted by atomic mass is 16.5. The van der Waals surface area contributed by atoms with Crippen molar-refractivity contribution in [3.63, 3.8) is 0 Å². The van der Waals surface area contributed by atoms with Crippen molar-refractivity contribution in [3.8, 4) is 11.5 Å². The molecule has 1 rings (SSSR count). The van der Waals surface area contributed by atoms with Gasteiger partial charge in [-0.05, 0) is 18.6 Å². The molecule has 1 aromatic carbocycles. The second-order valence-electron chi connectivity index (χ2n) is 3.86. The van der Waals surface area contributed by atoms with Crippen molar-refractivity contribution >= 4 is 0 Å². The zero-order valence-electron chi connectivity index (χ0n) is 10.7. The summed E-state index contributed by atoms with van der Waals surface area (Å²) < 4.78 is 16.0. The molecular weight excluding hydrogens is 218 g/mol. The average molecular weight is 239 g/mol. The fourth-order valence-corrected chi connectivity index (χ4v) is 1.41. The van der Waals surface area contributed by atoms with E-state index in [4.69, 9.17) is 19.9 Å². The van der Waals surface area contributed by atoms with Crippen molar-refractivity contribution in [1.82, 2.24) is 0 Å². The molecule has 1 unspecified atom stereocenters. The van der Waals surface area contributed by atoms with E-state index in [-0.39, 0.29) is 6.04 Å². The zero-order valence-corrected chi connectivity index (χ0v) is 10.7. The molecule has 0 aliphatic rings. The lowest BCUT2D eigenvalue weighted by atomic mass is 10.2. The minimum absolute atomic E-state index is 0.0965. The smallest absolute Gasteiger partial charge is 0.128 e. The molecule has 0 aromatic heterocycles. The predicted octanol–water partition coefficient (Wildman–Crippen LogP) is 1.96. The summed E-state index contributed by atoms with van der Waals surface area (Å²) in [6.45, 7) is 3.11. The van der Waals surface area contributed by atoms with Crippen molar-refractivity contribution in [2.75, 3.05) is 20.8 Å². The third-order valence-electron chi connectivity index (χ3n) is 2.61. The summed E-state index contributed by atoms with van der Waals surface area (Å²) in [6, 6.07) is 5.77. The van der Waals surface area contributed by atoms with E-state index < -0.39 is 0 Å². The van der Waals surface area contributed by atoms with Crippen molar-refractivity contribution in [2.24, 2.45) is 5.73 Å². The van der Waals surface area contributed by atoms with Gasteiger partial charge in [0.15, 0.2) is 0 Å². The number of ether oxygens (including phenoxy) is 3. The molecule has 0 aliphatic carbocycles. The summed E-state index contributed by atoms with van der Waals surface area (Å²) in [7, 11) is 3.27. The van der Waals surface area contributed by atoms with E-state index in [1.165, 1.54) is 0 Å². The van der Waals surface area contributed by atoms with Gasteiger partial charge in [0.1, 0.15) is 11.5 Å². The fourth-order valence-electron chi connectivity index (χ4n) is 1.41. The standard InChI is InChI=1S/C13H21NO3/c1-4-11(14)9-17-8-10-5-6-12(15-2)7-13(10)16-3/h5-7,11H,4,8-9,14H2,1-3H3. The molecule has 0 fully saturated rings. The summed E-state index contributed by atoms with van der Waals surface area (Å²) in [6.07, 6.45) is 0.916. The number of hydrogen-bond donors (Lipinski definition) is 1. The number of benzene rings is 1. The SMILES string of the molecule is CCC(N)COCc1ccc(OC)cc1OC. The van der Waals surface area contributed by atoms with Crippen LogP contribution in [0.5, 0.6) is 11.5 Å². The van der Waals surface area contributed by atoms with E-state index in [2.05, 4.69) is 0 Å². The Morgan fingerprint density at radius 1 is 1.24 bits per heavy atom. The molecule has 17 heavy (non-hydrogen) atoms. The molecule has 4 heteroatoms. The zero-order chi connectivity index (χ0) is 12.7. The topological polar surface area (TPSA) is 53.7 Å². The van der Waals surface area contributed by atoms with Gasteiger partial charge in [0.25, 0.3) is 0 Å². The van der Waals surface area contributed by atoms with Crippen LogP contribution >= 0.6 is 0 Å². The summed E-state index contributed by atoms with van der Waals surface area (Å²) in [5, 5.41) is 0. The molecule has 0 amide bonds. The van der Waals surface area contributed by atoms with Crippen LogP contribution in [0.3, 0.4) is 0 Å². The maximum atomic E-state index is 5.78. The Morgan fingerprint density at radius 2 is 2.00 bits per heavy atom. The van der Waals surface area contributed by atoms with Gasteiger partial charge in [0.05, 0.1) is 27.4 Å². The first-order chi connectivity index (χ1) is 8.21. The van der Waals surface area contributed by atoms with Gasteiger partial charge < -0.3 is 19.9 Å². The average Bonchev–Trinajstić information content (AvgIpc) is 2.38. The maximum absolute atomic E-state index is 5.78. The van der Waals surface area contributed by atoms with Gasteiger partial charge in [-0.25, -0.2) is 0 Å². The molecule has 96 valence electrons. The molecule has 1 aromatic rings. The van der Waals surface area contributed by atoms with Gasteiger partial charge in [0.2, 0.25) is 0 Å². The van der Waals surface area contributed by atoms with Gasteiger partial charge in [0, 0.05) is 17.7 Å². The van der Waals surface area contributed by atoms with E-state index in [9.17, 15) is 0 Å². The Labute approximate surface area is 103 Å². The van der Waals surface area contributed by atoms with E-state index >= 15 is 0 Å². The Bertz CT molecular complexity index is 341. The third kappa shape index (κ3) is 4.24. The lowest BCUT2D eigenvalue weighted by Crippen LogP contribution is -2.24. The molecular formula is C13H21NO3. The molecule has 0 heterocycles. The largest absolute Gasteiger partial charge is 0.497 e. The molecule has 0 spiro atoms. The van der Waals surface area contributed by atoms with Crippen molar-refractivity contribution in [2.45, 2.75) is 26.0 Å². The second kappa shape index (κ2) is 7.14. The van der Waals surface area contributed by atoms with Crippen LogP contribution in [0.15, 0.2) is 18.2 Å². The van der Waals surface area contributed by atoms with Crippen LogP contribution < -0.4 is 15.2 Å². The molecule has 0 bridgehead atoms. The van der Waals surface area contributed by atoms with Crippen LogP contribution in [-0.2, 0) is 11.3 Å². The first-order valence-corrected chi connectivity index (χ1v) is 5.75. The number of hydrogen-bond acceptors (Lipinski definition) is 4. The van der Waals surface area contributed by atoms with E-state index in [0.29, 0.717) is 13.2 Å². The molecule has 2 N–H and O–H groups in total. The molecule has 0 aliphatic heterocycles. The molecule has 4 nitrogen and oxygen atoms in total. The number of rotatable bonds is 7. The van der Waals surface area contributed by atoms with Crippen LogP contribution in [0.2, 0.25) is 0 Å². The highest BCUT2D eigenvalue weighted by Crippen LogP contribution is 2.25. The summed E-state index contributed by atoms with van der Waals surface area (Å²) in [5.74, 6) is 1.55. The van der Waals surface area contributed by atoms with E-state index in [1.807, 2.05) is 25.1 Å². The first kappa shape index (κ1) is 13.8. The van der Waals surface area contributed by atoms with Crippen LogP contribution in [0.1, 0.15) is 18.9 Å². The lowest BCUT2D eigenvalue weighted by Gasteiger charge is -2.12. The third-order valence-corrected chi connectivity index (χ3v) is 2.61. The summed E-state index contributed by atoms with van der Waals surface area (Å²) in [5.41, 5.74) is 6.77. The van der Waals surface area contributed by atoms with Crippen molar-refractivity contribution in [3.05, 3.63) is 23.8 Å². The monoisotopic (exact) mass is 239 g/mol. The highest BCUT2D eigenvalue weighted by Gasteiger charge is 2.06. The molecule has 0 saturated carbocycles. The Hall–Kier alpha value is -1.26. The van der Waals surface area contributed by atoms with Crippen LogP contribution in [-0.4, -0.2) is 26.9 Å². The van der Waals surface area contributed by atoms with Crippen molar-refractivity contribution < 1.29 is 14.2 Å². The Morgan fingerprint density at radius 3 is 2.59 bits per heavy atom. The quantitative estimate of drug-likeness (QED) is 0.790. The minimum atomic E-state index is 0.0965. The first-order valence-electron chi connectivity index (χ1n) is 5.75. The molecule has 1 atom stereocenters. The van der Waals surface area contributed by atoms with Crippen LogP contribution in [0.25, 0.3) is 0 Å².